The highest BCUT2D eigenvalue weighted by molar-refractivity contribution is 7.47. The number of unbranched alkanes of at least 4 members (excludes halogenated alkanes) is 13. The number of phosphoric ester groups is 1. The summed E-state index contributed by atoms with van der Waals surface area (Å²) >= 11 is 0. The third-order valence-electron chi connectivity index (χ3n) is 7.67. The van der Waals surface area contributed by atoms with Gasteiger partial charge in [-0.25, -0.2) is 4.57 Å². The molecule has 0 aliphatic carbocycles. The number of carbonyl (C=O) groups is 1. The first-order valence-electron chi connectivity index (χ1n) is 19.3. The van der Waals surface area contributed by atoms with Gasteiger partial charge in [0.1, 0.15) is 6.10 Å². The summed E-state index contributed by atoms with van der Waals surface area (Å²) in [6.07, 6.45) is 43.7. The number of ether oxygens (including phenoxy) is 2. The standard InChI is InChI=1S/C40H72NO7P/c1-3-5-7-9-11-13-15-17-18-19-20-21-23-25-27-29-31-33-40(42)48-39(38-47-49(43,44)46-36-34-41)37-45-35-32-30-28-26-24-22-16-14-12-10-8-6-4-2/h5,7,11-14,17-18,20-21,39H,3-4,6,8-10,15-16,19,22-38,41H2,1-2H3,(H,43,44)/b7-5-,13-11-,14-12-,18-17-,21-20-. The van der Waals surface area contributed by atoms with Crippen molar-refractivity contribution in [3.05, 3.63) is 60.8 Å². The van der Waals surface area contributed by atoms with E-state index in [2.05, 4.69) is 74.6 Å². The fraction of sp³-hybridized carbons (Fsp3) is 0.725. The highest BCUT2D eigenvalue weighted by atomic mass is 31.2. The molecule has 0 radical (unpaired) electrons. The van der Waals surface area contributed by atoms with Gasteiger partial charge in [0.05, 0.1) is 19.8 Å². The topological polar surface area (TPSA) is 117 Å². The van der Waals surface area contributed by atoms with Gasteiger partial charge < -0.3 is 20.1 Å². The minimum atomic E-state index is -4.28. The van der Waals surface area contributed by atoms with Crippen LogP contribution in [-0.4, -0.2) is 49.9 Å². The van der Waals surface area contributed by atoms with Gasteiger partial charge >= 0.3 is 13.8 Å². The average molecular weight is 710 g/mol. The zero-order chi connectivity index (χ0) is 35.9. The van der Waals surface area contributed by atoms with Crippen LogP contribution in [0.4, 0.5) is 0 Å². The van der Waals surface area contributed by atoms with E-state index in [4.69, 9.17) is 24.3 Å². The van der Waals surface area contributed by atoms with E-state index in [1.54, 1.807) is 0 Å². The van der Waals surface area contributed by atoms with E-state index in [0.717, 1.165) is 70.6 Å². The third-order valence-corrected chi connectivity index (χ3v) is 8.65. The second-order valence-corrected chi connectivity index (χ2v) is 13.9. The Hall–Kier alpha value is -1.80. The quantitative estimate of drug-likeness (QED) is 0.0286. The highest BCUT2D eigenvalue weighted by Gasteiger charge is 2.25. The second kappa shape index (κ2) is 37.5. The van der Waals surface area contributed by atoms with Crippen LogP contribution in [0.2, 0.25) is 0 Å². The summed E-state index contributed by atoms with van der Waals surface area (Å²) in [5, 5.41) is 0. The summed E-state index contributed by atoms with van der Waals surface area (Å²) in [4.78, 5) is 22.4. The largest absolute Gasteiger partial charge is 0.472 e. The van der Waals surface area contributed by atoms with Gasteiger partial charge in [0.2, 0.25) is 0 Å². The molecule has 0 heterocycles. The normalized spacial score (nSPS) is 14.3. The van der Waals surface area contributed by atoms with Crippen molar-refractivity contribution in [3.63, 3.8) is 0 Å². The summed E-state index contributed by atoms with van der Waals surface area (Å²) in [7, 11) is -4.28. The fourth-order valence-corrected chi connectivity index (χ4v) is 5.63. The molecule has 3 N–H and O–H groups in total. The Morgan fingerprint density at radius 3 is 1.73 bits per heavy atom. The first-order valence-corrected chi connectivity index (χ1v) is 20.8. The molecule has 0 aliphatic heterocycles. The van der Waals surface area contributed by atoms with Gasteiger partial charge in [0.15, 0.2) is 0 Å². The lowest BCUT2D eigenvalue weighted by molar-refractivity contribution is -0.154. The maximum absolute atomic E-state index is 12.5. The van der Waals surface area contributed by atoms with Crippen molar-refractivity contribution >= 4 is 13.8 Å². The molecule has 0 aliphatic rings. The lowest BCUT2D eigenvalue weighted by Gasteiger charge is -2.20. The van der Waals surface area contributed by atoms with Gasteiger partial charge in [0.25, 0.3) is 0 Å². The molecular formula is C40H72NO7P. The van der Waals surface area contributed by atoms with Crippen LogP contribution in [0.15, 0.2) is 60.8 Å². The Morgan fingerprint density at radius 2 is 1.14 bits per heavy atom. The van der Waals surface area contributed by atoms with Crippen molar-refractivity contribution in [2.24, 2.45) is 5.73 Å². The summed E-state index contributed by atoms with van der Waals surface area (Å²) < 4.78 is 33.3. The van der Waals surface area contributed by atoms with Crippen LogP contribution in [0.3, 0.4) is 0 Å². The molecule has 0 spiro atoms. The second-order valence-electron chi connectivity index (χ2n) is 12.4. The van der Waals surface area contributed by atoms with Crippen LogP contribution in [0.1, 0.15) is 149 Å². The highest BCUT2D eigenvalue weighted by Crippen LogP contribution is 2.43. The molecule has 0 amide bonds. The number of esters is 1. The number of allylic oxidation sites excluding steroid dienone is 10. The van der Waals surface area contributed by atoms with Crippen molar-refractivity contribution in [2.45, 2.75) is 155 Å². The predicted molar refractivity (Wildman–Crippen MR) is 205 cm³/mol. The van der Waals surface area contributed by atoms with Gasteiger partial charge in [0, 0.05) is 19.6 Å². The Kier molecular flexibility index (Phi) is 36.1. The van der Waals surface area contributed by atoms with E-state index in [-0.39, 0.29) is 38.8 Å². The van der Waals surface area contributed by atoms with E-state index >= 15 is 0 Å². The van der Waals surface area contributed by atoms with Crippen LogP contribution in [0, 0.1) is 0 Å². The Balaban J connectivity index is 4.16. The smallest absolute Gasteiger partial charge is 0.457 e. The van der Waals surface area contributed by atoms with Gasteiger partial charge in [-0.05, 0) is 77.0 Å². The molecule has 0 aromatic heterocycles. The number of phosphoric acid groups is 1. The molecule has 0 rings (SSSR count). The summed E-state index contributed by atoms with van der Waals surface area (Å²) in [5.41, 5.74) is 5.35. The summed E-state index contributed by atoms with van der Waals surface area (Å²) in [5.74, 6) is -0.359. The molecule has 284 valence electrons. The van der Waals surface area contributed by atoms with Crippen molar-refractivity contribution in [1.29, 1.82) is 0 Å². The number of hydrogen-bond acceptors (Lipinski definition) is 7. The van der Waals surface area contributed by atoms with Gasteiger partial charge in [-0.1, -0.05) is 126 Å². The minimum Gasteiger partial charge on any atom is -0.457 e. The van der Waals surface area contributed by atoms with Crippen molar-refractivity contribution in [3.8, 4) is 0 Å². The van der Waals surface area contributed by atoms with E-state index in [1.807, 2.05) is 0 Å². The zero-order valence-electron chi connectivity index (χ0n) is 31.2. The molecule has 0 fully saturated rings. The van der Waals surface area contributed by atoms with Gasteiger partial charge in [-0.3, -0.25) is 13.8 Å². The van der Waals surface area contributed by atoms with Crippen molar-refractivity contribution in [1.82, 2.24) is 0 Å². The number of rotatable bonds is 36. The molecule has 0 aromatic carbocycles. The Labute approximate surface area is 300 Å². The van der Waals surface area contributed by atoms with E-state index < -0.39 is 13.9 Å². The molecule has 9 heteroatoms. The Morgan fingerprint density at radius 1 is 0.633 bits per heavy atom. The van der Waals surface area contributed by atoms with E-state index in [9.17, 15) is 14.3 Å². The average Bonchev–Trinajstić information content (AvgIpc) is 3.09. The number of carbonyl (C=O) groups excluding carboxylic acids is 1. The van der Waals surface area contributed by atoms with Crippen LogP contribution in [-0.2, 0) is 27.9 Å². The van der Waals surface area contributed by atoms with E-state index in [1.165, 1.54) is 57.8 Å². The molecule has 0 saturated heterocycles. The maximum Gasteiger partial charge on any atom is 0.472 e. The maximum atomic E-state index is 12.5. The molecule has 2 unspecified atom stereocenters. The first-order chi connectivity index (χ1) is 23.9. The number of nitrogens with two attached hydrogens (primary N) is 1. The molecule has 0 aromatic rings. The van der Waals surface area contributed by atoms with Crippen LogP contribution >= 0.6 is 7.82 Å². The zero-order valence-corrected chi connectivity index (χ0v) is 32.1. The van der Waals surface area contributed by atoms with Crippen LogP contribution in [0.25, 0.3) is 0 Å². The molecule has 0 saturated carbocycles. The Bertz CT molecular complexity index is 932. The predicted octanol–water partition coefficient (Wildman–Crippen LogP) is 11.0. The molecule has 8 nitrogen and oxygen atoms in total. The SMILES string of the molecule is CC/C=C\C/C=C\C/C=C\C/C=C\CCCCCCC(=O)OC(COCCCCCCCC/C=C\CCCCC)COP(=O)(O)OCCN. The lowest BCUT2D eigenvalue weighted by atomic mass is 10.1. The minimum absolute atomic E-state index is 0.0923. The van der Waals surface area contributed by atoms with Gasteiger partial charge in [-0.15, -0.1) is 0 Å². The fourth-order valence-electron chi connectivity index (χ4n) is 4.86. The molecule has 49 heavy (non-hydrogen) atoms. The van der Waals surface area contributed by atoms with Crippen molar-refractivity contribution in [2.75, 3.05) is 33.0 Å². The number of hydrogen-bond donors (Lipinski definition) is 2. The van der Waals surface area contributed by atoms with E-state index in [0.29, 0.717) is 6.61 Å². The van der Waals surface area contributed by atoms with Crippen LogP contribution < -0.4 is 5.73 Å². The summed E-state index contributed by atoms with van der Waals surface area (Å²) in [6, 6.07) is 0. The van der Waals surface area contributed by atoms with Crippen molar-refractivity contribution < 1.29 is 32.8 Å². The molecule has 2 atom stereocenters. The monoisotopic (exact) mass is 710 g/mol. The molecular weight excluding hydrogens is 637 g/mol. The molecule has 0 bridgehead atoms. The lowest BCUT2D eigenvalue weighted by Crippen LogP contribution is -2.28. The van der Waals surface area contributed by atoms with Gasteiger partial charge in [-0.2, -0.15) is 0 Å². The van der Waals surface area contributed by atoms with Crippen LogP contribution in [0.5, 0.6) is 0 Å². The summed E-state index contributed by atoms with van der Waals surface area (Å²) in [6.45, 7) is 4.72. The third kappa shape index (κ3) is 37.3. The first kappa shape index (κ1) is 47.2.